The number of hydrogen-bond donors (Lipinski definition) is 1. The van der Waals surface area contributed by atoms with Crippen molar-refractivity contribution in [3.63, 3.8) is 0 Å². The van der Waals surface area contributed by atoms with Crippen LogP contribution in [0.5, 0.6) is 0 Å². The fraction of sp³-hybridized carbons (Fsp3) is 1.00. The number of likely N-dealkylation sites (N-methyl/N-ethyl adjacent to an activating group) is 1. The molecule has 0 bridgehead atoms. The molecule has 1 atom stereocenters. The molecule has 0 aromatic heterocycles. The molecule has 0 saturated heterocycles. The number of rotatable bonds is 9. The second-order valence-electron chi connectivity index (χ2n) is 6.40. The molecule has 0 radical (unpaired) electrons. The zero-order chi connectivity index (χ0) is 15.9. The quantitative estimate of drug-likeness (QED) is 0.710. The summed E-state index contributed by atoms with van der Waals surface area (Å²) in [6.07, 6.45) is 6.13. The summed E-state index contributed by atoms with van der Waals surface area (Å²) < 4.78 is 29.5. The van der Waals surface area contributed by atoms with Crippen LogP contribution in [0.4, 0.5) is 0 Å². The van der Waals surface area contributed by atoms with Gasteiger partial charge in [0.1, 0.15) is 9.84 Å². The first-order valence-electron chi connectivity index (χ1n) is 8.40. The van der Waals surface area contributed by atoms with Crippen molar-refractivity contribution in [1.29, 1.82) is 0 Å². The van der Waals surface area contributed by atoms with Gasteiger partial charge in [-0.15, -0.1) is 0 Å². The highest BCUT2D eigenvalue weighted by molar-refractivity contribution is 7.91. The van der Waals surface area contributed by atoms with Gasteiger partial charge in [-0.25, -0.2) is 8.42 Å². The maximum Gasteiger partial charge on any atom is 0.150 e. The van der Waals surface area contributed by atoms with Crippen molar-refractivity contribution >= 4 is 9.84 Å². The lowest BCUT2D eigenvalue weighted by Gasteiger charge is -2.45. The predicted molar refractivity (Wildman–Crippen MR) is 88.4 cm³/mol. The van der Waals surface area contributed by atoms with Crippen LogP contribution >= 0.6 is 0 Å². The smallest absolute Gasteiger partial charge is 0.150 e. The van der Waals surface area contributed by atoms with E-state index in [2.05, 4.69) is 12.2 Å². The summed E-state index contributed by atoms with van der Waals surface area (Å²) in [7, 11) is -0.894. The van der Waals surface area contributed by atoms with E-state index >= 15 is 0 Å². The first kappa shape index (κ1) is 18.9. The van der Waals surface area contributed by atoms with E-state index in [1.165, 1.54) is 12.8 Å². The molecule has 1 aliphatic rings. The predicted octanol–water partition coefficient (Wildman–Crippen LogP) is 2.77. The Bertz CT molecular complexity index is 386. The van der Waals surface area contributed by atoms with Gasteiger partial charge in [0.25, 0.3) is 0 Å². The Labute approximate surface area is 130 Å². The largest absolute Gasteiger partial charge is 0.374 e. The minimum atomic E-state index is -2.86. The molecule has 5 heteroatoms. The molecule has 0 amide bonds. The lowest BCUT2D eigenvalue weighted by molar-refractivity contribution is -0.0964. The fourth-order valence-electron chi connectivity index (χ4n) is 3.45. The van der Waals surface area contributed by atoms with E-state index in [1.54, 1.807) is 6.92 Å². The van der Waals surface area contributed by atoms with Gasteiger partial charge in [-0.2, -0.15) is 0 Å². The monoisotopic (exact) mass is 319 g/mol. The van der Waals surface area contributed by atoms with Gasteiger partial charge in [-0.05, 0) is 58.4 Å². The molecule has 1 N–H and O–H groups in total. The molecule has 21 heavy (non-hydrogen) atoms. The molecule has 0 spiro atoms. The summed E-state index contributed by atoms with van der Waals surface area (Å²) >= 11 is 0. The Kier molecular flexibility index (Phi) is 7.65. The Morgan fingerprint density at radius 2 is 1.90 bits per heavy atom. The summed E-state index contributed by atoms with van der Waals surface area (Å²) in [4.78, 5) is 0. The molecule has 0 aromatic carbocycles. The Hall–Kier alpha value is -0.130. The lowest BCUT2D eigenvalue weighted by Crippen LogP contribution is -2.53. The molecule has 1 saturated carbocycles. The van der Waals surface area contributed by atoms with Crippen LogP contribution in [0.2, 0.25) is 0 Å². The third kappa shape index (κ3) is 5.53. The highest BCUT2D eigenvalue weighted by Gasteiger charge is 2.41. The highest BCUT2D eigenvalue weighted by atomic mass is 32.2. The maximum atomic E-state index is 11.6. The van der Waals surface area contributed by atoms with Crippen LogP contribution in [-0.4, -0.2) is 45.2 Å². The lowest BCUT2D eigenvalue weighted by atomic mass is 9.74. The molecule has 0 aliphatic heterocycles. The van der Waals surface area contributed by atoms with Crippen molar-refractivity contribution < 1.29 is 13.2 Å². The van der Waals surface area contributed by atoms with E-state index in [0.29, 0.717) is 12.2 Å². The zero-order valence-electron chi connectivity index (χ0n) is 14.2. The summed E-state index contributed by atoms with van der Waals surface area (Å²) in [5.74, 6) is 1.31. The molecule has 1 fully saturated rings. The number of sulfone groups is 1. The molecular weight excluding hydrogens is 286 g/mol. The normalized spacial score (nSPS) is 28.5. The molecule has 1 unspecified atom stereocenters. The van der Waals surface area contributed by atoms with Crippen molar-refractivity contribution in [2.75, 3.05) is 25.2 Å². The summed E-state index contributed by atoms with van der Waals surface area (Å²) in [5, 5.41) is 3.40. The summed E-state index contributed by atoms with van der Waals surface area (Å²) in [5.41, 5.74) is -0.105. The summed E-state index contributed by atoms with van der Waals surface area (Å²) in [6, 6.07) is 0.247. The highest BCUT2D eigenvalue weighted by Crippen LogP contribution is 2.38. The Morgan fingerprint density at radius 1 is 1.29 bits per heavy atom. The van der Waals surface area contributed by atoms with Gasteiger partial charge in [-0.1, -0.05) is 13.8 Å². The van der Waals surface area contributed by atoms with Gasteiger partial charge in [0.15, 0.2) is 0 Å². The molecule has 126 valence electrons. The van der Waals surface area contributed by atoms with Gasteiger partial charge in [-0.3, -0.25) is 0 Å². The van der Waals surface area contributed by atoms with Crippen LogP contribution in [0, 0.1) is 5.92 Å². The van der Waals surface area contributed by atoms with E-state index < -0.39 is 9.84 Å². The number of nitrogens with one attached hydrogen (secondary N) is 1. The Morgan fingerprint density at radius 3 is 2.38 bits per heavy atom. The van der Waals surface area contributed by atoms with E-state index in [9.17, 15) is 8.42 Å². The second kappa shape index (κ2) is 8.49. The minimum Gasteiger partial charge on any atom is -0.374 e. The third-order valence-electron chi connectivity index (χ3n) is 4.92. The van der Waals surface area contributed by atoms with Crippen LogP contribution in [0.3, 0.4) is 0 Å². The zero-order valence-corrected chi connectivity index (χ0v) is 15.0. The van der Waals surface area contributed by atoms with Crippen molar-refractivity contribution in [2.45, 2.75) is 70.9 Å². The first-order valence-corrected chi connectivity index (χ1v) is 10.2. The average molecular weight is 320 g/mol. The van der Waals surface area contributed by atoms with Crippen LogP contribution in [0.15, 0.2) is 0 Å². The van der Waals surface area contributed by atoms with Crippen LogP contribution in [-0.2, 0) is 14.6 Å². The van der Waals surface area contributed by atoms with Gasteiger partial charge in [0.05, 0.1) is 11.4 Å². The second-order valence-corrected chi connectivity index (χ2v) is 8.87. The van der Waals surface area contributed by atoms with Gasteiger partial charge in [0, 0.05) is 18.4 Å². The van der Waals surface area contributed by atoms with Gasteiger partial charge < -0.3 is 10.1 Å². The van der Waals surface area contributed by atoms with Crippen molar-refractivity contribution in [2.24, 2.45) is 5.92 Å². The molecule has 4 nitrogen and oxygen atoms in total. The van der Waals surface area contributed by atoms with Crippen molar-refractivity contribution in [1.82, 2.24) is 5.32 Å². The summed E-state index contributed by atoms with van der Waals surface area (Å²) in [6.45, 7) is 6.79. The average Bonchev–Trinajstić information content (AvgIpc) is 2.46. The number of hydrogen-bond acceptors (Lipinski definition) is 4. The van der Waals surface area contributed by atoms with Crippen LogP contribution in [0.1, 0.15) is 59.3 Å². The Balaban J connectivity index is 2.65. The minimum absolute atomic E-state index is 0.105. The van der Waals surface area contributed by atoms with Crippen LogP contribution in [0.25, 0.3) is 0 Å². The van der Waals surface area contributed by atoms with Gasteiger partial charge in [0.2, 0.25) is 0 Å². The SMILES string of the molecule is CCOC1(C(CCCS(=O)(=O)CC)NC)CCC(C)CC1. The van der Waals surface area contributed by atoms with Crippen LogP contribution < -0.4 is 5.32 Å². The van der Waals surface area contributed by atoms with E-state index in [4.69, 9.17) is 4.74 Å². The molecule has 1 aliphatic carbocycles. The van der Waals surface area contributed by atoms with E-state index in [0.717, 1.165) is 31.8 Å². The molecular formula is C16H33NO3S. The number of ether oxygens (including phenoxy) is 1. The van der Waals surface area contributed by atoms with E-state index in [1.807, 2.05) is 14.0 Å². The standard InChI is InChI=1S/C16H33NO3S/c1-5-20-16(11-9-14(3)10-12-16)15(17-4)8-7-13-21(18,19)6-2/h14-15,17H,5-13H2,1-4H3. The maximum absolute atomic E-state index is 11.6. The molecule has 0 aromatic rings. The molecule has 0 heterocycles. The topological polar surface area (TPSA) is 55.4 Å². The van der Waals surface area contributed by atoms with Crippen molar-refractivity contribution in [3.05, 3.63) is 0 Å². The van der Waals surface area contributed by atoms with Crippen molar-refractivity contribution in [3.8, 4) is 0 Å². The van der Waals surface area contributed by atoms with E-state index in [-0.39, 0.29) is 17.4 Å². The first-order chi connectivity index (χ1) is 9.89. The van der Waals surface area contributed by atoms with Gasteiger partial charge >= 0.3 is 0 Å². The fourth-order valence-corrected chi connectivity index (χ4v) is 4.35. The molecule has 1 rings (SSSR count). The third-order valence-corrected chi connectivity index (χ3v) is 6.71.